The lowest BCUT2D eigenvalue weighted by Crippen LogP contribution is -2.29. The summed E-state index contributed by atoms with van der Waals surface area (Å²) in [6.45, 7) is 8.04. The monoisotopic (exact) mass is 182 g/mol. The Labute approximate surface area is 82.2 Å². The molecule has 0 radical (unpaired) electrons. The summed E-state index contributed by atoms with van der Waals surface area (Å²) in [4.78, 5) is 0. The molecule has 0 spiro atoms. The average molecular weight is 182 g/mol. The molecule has 0 amide bonds. The molecule has 76 valence electrons. The Morgan fingerprint density at radius 2 is 2.08 bits per heavy atom. The molecular formula is C12H22O. The van der Waals surface area contributed by atoms with Crippen molar-refractivity contribution in [3.8, 4) is 0 Å². The van der Waals surface area contributed by atoms with Crippen LogP contribution >= 0.6 is 0 Å². The summed E-state index contributed by atoms with van der Waals surface area (Å²) < 4.78 is 5.42. The zero-order valence-electron chi connectivity index (χ0n) is 8.85. The Morgan fingerprint density at radius 1 is 1.38 bits per heavy atom. The molecule has 1 aliphatic rings. The van der Waals surface area contributed by atoms with E-state index in [1.807, 2.05) is 0 Å². The highest BCUT2D eigenvalue weighted by Gasteiger charge is 2.30. The smallest absolute Gasteiger partial charge is 0.0471 e. The quantitative estimate of drug-likeness (QED) is 0.591. The normalized spacial score (nSPS) is 21.3. The van der Waals surface area contributed by atoms with Crippen LogP contribution in [0, 0.1) is 5.41 Å². The Bertz CT molecular complexity index is 145. The Balaban J connectivity index is 2.45. The summed E-state index contributed by atoms with van der Waals surface area (Å²) in [5.74, 6) is 0. The van der Waals surface area contributed by atoms with Crippen LogP contribution in [0.5, 0.6) is 0 Å². The van der Waals surface area contributed by atoms with E-state index in [0.717, 1.165) is 13.2 Å². The molecule has 0 aliphatic carbocycles. The van der Waals surface area contributed by atoms with Gasteiger partial charge in [-0.15, -0.1) is 6.58 Å². The summed E-state index contributed by atoms with van der Waals surface area (Å²) in [6, 6.07) is 0. The predicted octanol–water partition coefficient (Wildman–Crippen LogP) is 3.55. The van der Waals surface area contributed by atoms with Gasteiger partial charge < -0.3 is 4.74 Å². The van der Waals surface area contributed by atoms with E-state index in [0.29, 0.717) is 5.41 Å². The van der Waals surface area contributed by atoms with Gasteiger partial charge in [0.05, 0.1) is 0 Å². The van der Waals surface area contributed by atoms with E-state index in [1.54, 1.807) is 0 Å². The van der Waals surface area contributed by atoms with Crippen molar-refractivity contribution in [2.75, 3.05) is 13.2 Å². The third-order valence-electron chi connectivity index (χ3n) is 3.19. The van der Waals surface area contributed by atoms with Crippen molar-refractivity contribution in [1.29, 1.82) is 0 Å². The molecule has 1 aliphatic heterocycles. The molecule has 0 bridgehead atoms. The van der Waals surface area contributed by atoms with Crippen molar-refractivity contribution in [3.05, 3.63) is 12.7 Å². The highest BCUT2D eigenvalue weighted by molar-refractivity contribution is 4.88. The lowest BCUT2D eigenvalue weighted by molar-refractivity contribution is 0.0105. The Morgan fingerprint density at radius 3 is 2.62 bits per heavy atom. The molecule has 1 saturated heterocycles. The summed E-state index contributed by atoms with van der Waals surface area (Å²) >= 11 is 0. The minimum Gasteiger partial charge on any atom is -0.381 e. The second-order valence-corrected chi connectivity index (χ2v) is 4.21. The molecule has 0 aromatic heterocycles. The maximum atomic E-state index is 5.42. The van der Waals surface area contributed by atoms with Gasteiger partial charge in [0.25, 0.3) is 0 Å². The van der Waals surface area contributed by atoms with Gasteiger partial charge in [-0.1, -0.05) is 25.8 Å². The SMILES string of the molecule is C=CCC1(CCCC)CCOCC1. The molecular weight excluding hydrogens is 160 g/mol. The molecule has 1 heterocycles. The van der Waals surface area contributed by atoms with Gasteiger partial charge >= 0.3 is 0 Å². The van der Waals surface area contributed by atoms with Crippen LogP contribution in [-0.2, 0) is 4.74 Å². The Kier molecular flexibility index (Phi) is 4.51. The molecule has 0 unspecified atom stereocenters. The first-order valence-electron chi connectivity index (χ1n) is 5.52. The van der Waals surface area contributed by atoms with Crippen molar-refractivity contribution in [2.45, 2.75) is 45.4 Å². The molecule has 1 rings (SSSR count). The third-order valence-corrected chi connectivity index (χ3v) is 3.19. The number of ether oxygens (including phenoxy) is 1. The summed E-state index contributed by atoms with van der Waals surface area (Å²) in [5.41, 5.74) is 0.538. The van der Waals surface area contributed by atoms with Crippen molar-refractivity contribution in [3.63, 3.8) is 0 Å². The fourth-order valence-electron chi connectivity index (χ4n) is 2.22. The molecule has 0 saturated carbocycles. The van der Waals surface area contributed by atoms with Crippen LogP contribution in [-0.4, -0.2) is 13.2 Å². The fraction of sp³-hybridized carbons (Fsp3) is 0.833. The van der Waals surface area contributed by atoms with Crippen molar-refractivity contribution in [1.82, 2.24) is 0 Å². The molecule has 0 N–H and O–H groups in total. The number of unbranched alkanes of at least 4 members (excludes halogenated alkanes) is 1. The van der Waals surface area contributed by atoms with E-state index in [2.05, 4.69) is 19.6 Å². The van der Waals surface area contributed by atoms with Crippen molar-refractivity contribution >= 4 is 0 Å². The topological polar surface area (TPSA) is 9.23 Å². The molecule has 0 atom stereocenters. The highest BCUT2D eigenvalue weighted by atomic mass is 16.5. The van der Waals surface area contributed by atoms with Crippen LogP contribution in [0.3, 0.4) is 0 Å². The van der Waals surface area contributed by atoms with Gasteiger partial charge in [-0.25, -0.2) is 0 Å². The first kappa shape index (κ1) is 10.8. The second kappa shape index (κ2) is 5.43. The van der Waals surface area contributed by atoms with Crippen LogP contribution in [0.1, 0.15) is 45.4 Å². The van der Waals surface area contributed by atoms with Crippen LogP contribution in [0.25, 0.3) is 0 Å². The summed E-state index contributed by atoms with van der Waals surface area (Å²) in [7, 11) is 0. The summed E-state index contributed by atoms with van der Waals surface area (Å²) in [6.07, 6.45) is 9.75. The first-order valence-corrected chi connectivity index (χ1v) is 5.52. The highest BCUT2D eigenvalue weighted by Crippen LogP contribution is 2.39. The van der Waals surface area contributed by atoms with Crippen molar-refractivity contribution < 1.29 is 4.74 Å². The van der Waals surface area contributed by atoms with Crippen LogP contribution < -0.4 is 0 Å². The number of rotatable bonds is 5. The molecule has 0 aromatic rings. The molecule has 1 nitrogen and oxygen atoms in total. The average Bonchev–Trinajstić information content (AvgIpc) is 2.17. The van der Waals surface area contributed by atoms with Crippen molar-refractivity contribution in [2.24, 2.45) is 5.41 Å². The van der Waals surface area contributed by atoms with E-state index in [-0.39, 0.29) is 0 Å². The lowest BCUT2D eigenvalue weighted by atomic mass is 9.73. The van der Waals surface area contributed by atoms with Crippen LogP contribution in [0.15, 0.2) is 12.7 Å². The van der Waals surface area contributed by atoms with E-state index < -0.39 is 0 Å². The molecule has 1 heteroatoms. The summed E-state index contributed by atoms with van der Waals surface area (Å²) in [5, 5.41) is 0. The van der Waals surface area contributed by atoms with Gasteiger partial charge in [-0.2, -0.15) is 0 Å². The van der Waals surface area contributed by atoms with E-state index in [4.69, 9.17) is 4.74 Å². The minimum atomic E-state index is 0.538. The molecule has 1 fully saturated rings. The molecule has 13 heavy (non-hydrogen) atoms. The van der Waals surface area contributed by atoms with E-state index in [1.165, 1.54) is 38.5 Å². The zero-order chi connectivity index (χ0) is 9.57. The van der Waals surface area contributed by atoms with Gasteiger partial charge in [0, 0.05) is 13.2 Å². The first-order chi connectivity index (χ1) is 6.33. The number of hydrogen-bond acceptors (Lipinski definition) is 1. The van der Waals surface area contributed by atoms with E-state index in [9.17, 15) is 0 Å². The standard InChI is InChI=1S/C12H22O/c1-3-5-7-12(6-4-2)8-10-13-11-9-12/h4H,2-3,5-11H2,1H3. The van der Waals surface area contributed by atoms with Crippen LogP contribution in [0.4, 0.5) is 0 Å². The Hall–Kier alpha value is -0.300. The maximum Gasteiger partial charge on any atom is 0.0471 e. The van der Waals surface area contributed by atoms with Gasteiger partial charge in [0.2, 0.25) is 0 Å². The maximum absolute atomic E-state index is 5.42. The van der Waals surface area contributed by atoms with Crippen LogP contribution in [0.2, 0.25) is 0 Å². The largest absolute Gasteiger partial charge is 0.381 e. The predicted molar refractivity (Wildman–Crippen MR) is 56.8 cm³/mol. The lowest BCUT2D eigenvalue weighted by Gasteiger charge is -2.36. The minimum absolute atomic E-state index is 0.538. The van der Waals surface area contributed by atoms with E-state index >= 15 is 0 Å². The number of allylic oxidation sites excluding steroid dienone is 1. The second-order valence-electron chi connectivity index (χ2n) is 4.21. The zero-order valence-corrected chi connectivity index (χ0v) is 8.85. The fourth-order valence-corrected chi connectivity index (χ4v) is 2.22. The third kappa shape index (κ3) is 3.15. The molecule has 0 aromatic carbocycles. The number of hydrogen-bond donors (Lipinski definition) is 0. The van der Waals surface area contributed by atoms with Gasteiger partial charge in [0.1, 0.15) is 0 Å². The van der Waals surface area contributed by atoms with Gasteiger partial charge in [-0.05, 0) is 31.1 Å². The van der Waals surface area contributed by atoms with Gasteiger partial charge in [-0.3, -0.25) is 0 Å². The van der Waals surface area contributed by atoms with Gasteiger partial charge in [0.15, 0.2) is 0 Å².